The summed E-state index contributed by atoms with van der Waals surface area (Å²) < 4.78 is 0. The molecule has 1 aliphatic carbocycles. The van der Waals surface area contributed by atoms with Gasteiger partial charge in [-0.1, -0.05) is 43.2 Å². The molecule has 1 atom stereocenters. The van der Waals surface area contributed by atoms with Crippen LogP contribution in [0.15, 0.2) is 59.6 Å². The summed E-state index contributed by atoms with van der Waals surface area (Å²) in [5.74, 6) is 1.11. The third kappa shape index (κ3) is 3.50. The molecule has 0 bridgehead atoms. The van der Waals surface area contributed by atoms with Crippen LogP contribution in [0.4, 0.5) is 11.4 Å². The summed E-state index contributed by atoms with van der Waals surface area (Å²) in [6.45, 7) is 1.42. The Bertz CT molecular complexity index is 919. The Hall–Kier alpha value is -2.82. The van der Waals surface area contributed by atoms with Crippen molar-refractivity contribution in [2.75, 3.05) is 23.7 Å². The molecule has 2 N–H and O–H groups in total. The van der Waals surface area contributed by atoms with E-state index in [1.807, 2.05) is 41.3 Å². The summed E-state index contributed by atoms with van der Waals surface area (Å²) >= 11 is 0. The number of carbonyl (C=O) groups is 1. The van der Waals surface area contributed by atoms with Crippen LogP contribution in [0, 0.1) is 0 Å². The number of nitrogens with one attached hydrogen (secondary N) is 2. The Labute approximate surface area is 172 Å². The van der Waals surface area contributed by atoms with Gasteiger partial charge < -0.3 is 15.5 Å². The molecule has 2 aromatic carbocycles. The van der Waals surface area contributed by atoms with Gasteiger partial charge in [0.25, 0.3) is 5.91 Å². The molecular weight excluding hydrogens is 360 g/mol. The van der Waals surface area contributed by atoms with Gasteiger partial charge in [-0.2, -0.15) is 0 Å². The summed E-state index contributed by atoms with van der Waals surface area (Å²) in [5, 5.41) is 7.42. The lowest BCUT2D eigenvalue weighted by Crippen LogP contribution is -2.62. The molecule has 150 valence electrons. The summed E-state index contributed by atoms with van der Waals surface area (Å²) in [4.78, 5) is 20.3. The lowest BCUT2D eigenvalue weighted by Gasteiger charge is -2.47. The van der Waals surface area contributed by atoms with Gasteiger partial charge in [0.05, 0.1) is 24.0 Å². The topological polar surface area (TPSA) is 56.7 Å². The van der Waals surface area contributed by atoms with Crippen LogP contribution < -0.4 is 10.6 Å². The second-order valence-corrected chi connectivity index (χ2v) is 8.49. The second-order valence-electron chi connectivity index (χ2n) is 8.49. The molecule has 1 amide bonds. The van der Waals surface area contributed by atoms with Gasteiger partial charge in [-0.3, -0.25) is 9.79 Å². The van der Waals surface area contributed by atoms with E-state index in [0.29, 0.717) is 12.6 Å². The van der Waals surface area contributed by atoms with E-state index >= 15 is 0 Å². The third-order valence-corrected chi connectivity index (χ3v) is 6.44. The molecule has 5 heteroatoms. The molecule has 2 aliphatic heterocycles. The molecule has 2 aromatic rings. The van der Waals surface area contributed by atoms with Gasteiger partial charge in [0.2, 0.25) is 0 Å². The van der Waals surface area contributed by atoms with Gasteiger partial charge in [0.1, 0.15) is 11.4 Å². The summed E-state index contributed by atoms with van der Waals surface area (Å²) in [6.07, 6.45) is 6.77. The first-order chi connectivity index (χ1) is 14.2. The Kier molecular flexibility index (Phi) is 4.74. The number of fused-ring (bicyclic) bond motifs is 1. The second kappa shape index (κ2) is 7.54. The van der Waals surface area contributed by atoms with E-state index in [1.165, 1.54) is 12.8 Å². The molecule has 5 rings (SSSR count). The number of amidine groups is 1. The van der Waals surface area contributed by atoms with Crippen molar-refractivity contribution in [1.29, 1.82) is 0 Å². The van der Waals surface area contributed by atoms with Crippen molar-refractivity contribution in [3.63, 3.8) is 0 Å². The van der Waals surface area contributed by atoms with Crippen LogP contribution in [0.2, 0.25) is 0 Å². The Morgan fingerprint density at radius 3 is 2.48 bits per heavy atom. The minimum atomic E-state index is -0.348. The van der Waals surface area contributed by atoms with Gasteiger partial charge in [0, 0.05) is 12.1 Å². The fourth-order valence-corrected chi connectivity index (χ4v) is 4.92. The van der Waals surface area contributed by atoms with E-state index in [0.717, 1.165) is 55.0 Å². The van der Waals surface area contributed by atoms with Crippen LogP contribution in [-0.4, -0.2) is 41.3 Å². The molecule has 1 saturated carbocycles. The van der Waals surface area contributed by atoms with Crippen LogP contribution in [0.1, 0.15) is 48.9 Å². The van der Waals surface area contributed by atoms with Gasteiger partial charge in [-0.05, 0) is 49.9 Å². The number of para-hydroxylation sites is 2. The van der Waals surface area contributed by atoms with E-state index in [2.05, 4.69) is 28.8 Å². The molecule has 0 aromatic heterocycles. The SMILES string of the molecule is O=C(c1ccccc1)N1CCCC2(C1)Nc1ccccc1NC2=NC1CCCC1. The molecule has 29 heavy (non-hydrogen) atoms. The third-order valence-electron chi connectivity index (χ3n) is 6.44. The smallest absolute Gasteiger partial charge is 0.253 e. The number of piperidine rings is 1. The Morgan fingerprint density at radius 2 is 1.69 bits per heavy atom. The maximum absolute atomic E-state index is 13.2. The molecule has 0 radical (unpaired) electrons. The lowest BCUT2D eigenvalue weighted by atomic mass is 9.84. The highest BCUT2D eigenvalue weighted by atomic mass is 16.2. The number of amides is 1. The van der Waals surface area contributed by atoms with Crippen LogP contribution in [0.5, 0.6) is 0 Å². The molecule has 2 heterocycles. The maximum atomic E-state index is 13.2. The molecular formula is C24H28N4O. The van der Waals surface area contributed by atoms with E-state index < -0.39 is 0 Å². The number of benzene rings is 2. The number of hydrogen-bond donors (Lipinski definition) is 2. The van der Waals surface area contributed by atoms with Crippen LogP contribution >= 0.6 is 0 Å². The zero-order valence-electron chi connectivity index (χ0n) is 16.7. The van der Waals surface area contributed by atoms with Crippen LogP contribution in [-0.2, 0) is 0 Å². The van der Waals surface area contributed by atoms with Crippen molar-refractivity contribution in [2.24, 2.45) is 4.99 Å². The van der Waals surface area contributed by atoms with Gasteiger partial charge in [-0.25, -0.2) is 0 Å². The molecule has 3 aliphatic rings. The molecule has 1 saturated heterocycles. The molecule has 1 unspecified atom stereocenters. The van der Waals surface area contributed by atoms with Crippen LogP contribution in [0.3, 0.4) is 0 Å². The molecule has 1 spiro atoms. The molecule has 5 nitrogen and oxygen atoms in total. The van der Waals surface area contributed by atoms with Crippen molar-refractivity contribution in [2.45, 2.75) is 50.1 Å². The number of likely N-dealkylation sites (tertiary alicyclic amines) is 1. The summed E-state index contributed by atoms with van der Waals surface area (Å²) in [6, 6.07) is 18.3. The monoisotopic (exact) mass is 388 g/mol. The van der Waals surface area contributed by atoms with Crippen molar-refractivity contribution in [3.05, 3.63) is 60.2 Å². The van der Waals surface area contributed by atoms with Crippen molar-refractivity contribution in [3.8, 4) is 0 Å². The first-order valence-electron chi connectivity index (χ1n) is 10.8. The average Bonchev–Trinajstić information content (AvgIpc) is 3.28. The highest BCUT2D eigenvalue weighted by Crippen LogP contribution is 2.37. The van der Waals surface area contributed by atoms with Crippen LogP contribution in [0.25, 0.3) is 0 Å². The van der Waals surface area contributed by atoms with E-state index in [-0.39, 0.29) is 11.4 Å². The lowest BCUT2D eigenvalue weighted by molar-refractivity contribution is 0.0694. The van der Waals surface area contributed by atoms with E-state index in [9.17, 15) is 4.79 Å². The van der Waals surface area contributed by atoms with E-state index in [4.69, 9.17) is 4.99 Å². The first-order valence-corrected chi connectivity index (χ1v) is 10.8. The maximum Gasteiger partial charge on any atom is 0.253 e. The van der Waals surface area contributed by atoms with Gasteiger partial charge in [0.15, 0.2) is 0 Å². The van der Waals surface area contributed by atoms with E-state index in [1.54, 1.807) is 0 Å². The summed E-state index contributed by atoms with van der Waals surface area (Å²) in [7, 11) is 0. The standard InChI is InChI=1S/C24H28N4O/c29-22(18-9-2-1-3-10-18)28-16-8-15-24(17-28)23(25-19-11-4-5-12-19)26-20-13-6-7-14-21(20)27-24/h1-3,6-7,9-10,13-14,19,27H,4-5,8,11-12,15-17H2,(H,25,26). The van der Waals surface area contributed by atoms with Crippen molar-refractivity contribution in [1.82, 2.24) is 4.90 Å². The van der Waals surface area contributed by atoms with Gasteiger partial charge in [-0.15, -0.1) is 0 Å². The highest BCUT2D eigenvalue weighted by Gasteiger charge is 2.45. The number of anilines is 2. The first kappa shape index (κ1) is 18.2. The largest absolute Gasteiger partial charge is 0.370 e. The Balaban J connectivity index is 1.48. The number of carbonyl (C=O) groups excluding carboxylic acids is 1. The number of nitrogens with zero attached hydrogens (tertiary/aromatic N) is 2. The quantitative estimate of drug-likeness (QED) is 0.794. The zero-order chi connectivity index (χ0) is 19.7. The molecule has 2 fully saturated rings. The number of hydrogen-bond acceptors (Lipinski definition) is 3. The minimum absolute atomic E-state index is 0.102. The Morgan fingerprint density at radius 1 is 0.966 bits per heavy atom. The normalized spacial score (nSPS) is 25.5. The van der Waals surface area contributed by atoms with Gasteiger partial charge >= 0.3 is 0 Å². The zero-order valence-corrected chi connectivity index (χ0v) is 16.7. The number of aliphatic imine (C=N–C) groups is 1. The number of rotatable bonds is 2. The predicted octanol–water partition coefficient (Wildman–Crippen LogP) is 4.54. The fraction of sp³-hybridized carbons (Fsp3) is 0.417. The fourth-order valence-electron chi connectivity index (χ4n) is 4.92. The predicted molar refractivity (Wildman–Crippen MR) is 118 cm³/mol. The highest BCUT2D eigenvalue weighted by molar-refractivity contribution is 6.10. The minimum Gasteiger partial charge on any atom is -0.370 e. The summed E-state index contributed by atoms with van der Waals surface area (Å²) in [5.41, 5.74) is 2.57. The van der Waals surface area contributed by atoms with Crippen molar-refractivity contribution >= 4 is 23.1 Å². The average molecular weight is 389 g/mol. The van der Waals surface area contributed by atoms with Crippen molar-refractivity contribution < 1.29 is 4.79 Å².